The second-order valence-electron chi connectivity index (χ2n) is 5.44. The predicted octanol–water partition coefficient (Wildman–Crippen LogP) is 4.58. The van der Waals surface area contributed by atoms with E-state index >= 15 is 0 Å². The standard InChI is InChI=1S/C18H26N2S/c1-4-5-11-20(17-9-7-6-8-10-17)14-16-12-18(13-19-3)21-15(16)2/h6-10,12,19H,4-5,11,13-14H2,1-3H3. The Bertz CT molecular complexity index is 533. The Morgan fingerprint density at radius 2 is 1.95 bits per heavy atom. The van der Waals surface area contributed by atoms with Gasteiger partial charge < -0.3 is 10.2 Å². The van der Waals surface area contributed by atoms with Gasteiger partial charge in [-0.05, 0) is 44.2 Å². The van der Waals surface area contributed by atoms with Crippen molar-refractivity contribution in [3.63, 3.8) is 0 Å². The first-order valence-electron chi connectivity index (χ1n) is 7.77. The van der Waals surface area contributed by atoms with Gasteiger partial charge >= 0.3 is 0 Å². The molecule has 0 spiro atoms. The normalized spacial score (nSPS) is 10.8. The van der Waals surface area contributed by atoms with E-state index in [9.17, 15) is 0 Å². The van der Waals surface area contributed by atoms with Crippen LogP contribution in [0.5, 0.6) is 0 Å². The van der Waals surface area contributed by atoms with Crippen LogP contribution < -0.4 is 10.2 Å². The second-order valence-corrected chi connectivity index (χ2v) is 6.78. The first-order chi connectivity index (χ1) is 10.2. The van der Waals surface area contributed by atoms with Crippen LogP contribution >= 0.6 is 11.3 Å². The minimum atomic E-state index is 0.964. The van der Waals surface area contributed by atoms with Gasteiger partial charge in [-0.3, -0.25) is 0 Å². The fraction of sp³-hybridized carbons (Fsp3) is 0.444. The van der Waals surface area contributed by atoms with E-state index in [1.807, 2.05) is 18.4 Å². The van der Waals surface area contributed by atoms with Crippen molar-refractivity contribution in [1.82, 2.24) is 5.32 Å². The third-order valence-electron chi connectivity index (χ3n) is 3.69. The highest BCUT2D eigenvalue weighted by Gasteiger charge is 2.11. The zero-order valence-corrected chi connectivity index (χ0v) is 14.2. The highest BCUT2D eigenvalue weighted by atomic mass is 32.1. The topological polar surface area (TPSA) is 15.3 Å². The van der Waals surface area contributed by atoms with Crippen LogP contribution in [0.25, 0.3) is 0 Å². The summed E-state index contributed by atoms with van der Waals surface area (Å²) < 4.78 is 0. The average Bonchev–Trinajstić information content (AvgIpc) is 2.84. The molecule has 1 heterocycles. The van der Waals surface area contributed by atoms with Gasteiger partial charge in [0, 0.05) is 35.1 Å². The van der Waals surface area contributed by atoms with Crippen molar-refractivity contribution in [1.29, 1.82) is 0 Å². The second kappa shape index (κ2) is 8.20. The summed E-state index contributed by atoms with van der Waals surface area (Å²) in [5, 5.41) is 3.24. The van der Waals surface area contributed by atoms with E-state index in [1.165, 1.54) is 33.8 Å². The van der Waals surface area contributed by atoms with E-state index in [1.54, 1.807) is 0 Å². The van der Waals surface area contributed by atoms with E-state index in [0.29, 0.717) is 0 Å². The van der Waals surface area contributed by atoms with Crippen LogP contribution in [0.4, 0.5) is 5.69 Å². The number of unbranched alkanes of at least 4 members (excludes halogenated alkanes) is 1. The highest BCUT2D eigenvalue weighted by Crippen LogP contribution is 2.25. The maximum atomic E-state index is 3.24. The summed E-state index contributed by atoms with van der Waals surface area (Å²) in [6, 6.07) is 13.1. The summed E-state index contributed by atoms with van der Waals surface area (Å²) >= 11 is 1.91. The molecule has 0 saturated heterocycles. The molecule has 0 bridgehead atoms. The number of nitrogens with zero attached hydrogens (tertiary/aromatic N) is 1. The molecule has 1 aromatic carbocycles. The lowest BCUT2D eigenvalue weighted by Gasteiger charge is -2.24. The summed E-state index contributed by atoms with van der Waals surface area (Å²) in [7, 11) is 2.01. The first kappa shape index (κ1) is 16.1. The average molecular weight is 302 g/mol. The van der Waals surface area contributed by atoms with Gasteiger partial charge in [-0.15, -0.1) is 11.3 Å². The zero-order chi connectivity index (χ0) is 15.1. The van der Waals surface area contributed by atoms with Crippen LogP contribution in [-0.4, -0.2) is 13.6 Å². The lowest BCUT2D eigenvalue weighted by Crippen LogP contribution is -2.23. The monoisotopic (exact) mass is 302 g/mol. The third kappa shape index (κ3) is 4.58. The number of aryl methyl sites for hydroxylation is 1. The summed E-state index contributed by atoms with van der Waals surface area (Å²) in [5.74, 6) is 0. The van der Waals surface area contributed by atoms with Gasteiger partial charge in [0.2, 0.25) is 0 Å². The van der Waals surface area contributed by atoms with Crippen molar-refractivity contribution in [3.05, 3.63) is 51.7 Å². The third-order valence-corrected chi connectivity index (χ3v) is 4.78. The number of nitrogens with one attached hydrogen (secondary N) is 1. The molecule has 0 radical (unpaired) electrons. The van der Waals surface area contributed by atoms with Gasteiger partial charge in [0.15, 0.2) is 0 Å². The van der Waals surface area contributed by atoms with Crippen LogP contribution in [0, 0.1) is 6.92 Å². The maximum absolute atomic E-state index is 3.24. The number of para-hydroxylation sites is 1. The SMILES string of the molecule is CCCCN(Cc1cc(CNC)sc1C)c1ccccc1. The van der Waals surface area contributed by atoms with Crippen molar-refractivity contribution < 1.29 is 0 Å². The Morgan fingerprint density at radius 1 is 1.19 bits per heavy atom. The van der Waals surface area contributed by atoms with Gasteiger partial charge in [0.25, 0.3) is 0 Å². The van der Waals surface area contributed by atoms with Crippen molar-refractivity contribution in [2.45, 2.75) is 39.8 Å². The van der Waals surface area contributed by atoms with Crippen molar-refractivity contribution in [3.8, 4) is 0 Å². The predicted molar refractivity (Wildman–Crippen MR) is 94.2 cm³/mol. The van der Waals surface area contributed by atoms with Gasteiger partial charge in [-0.25, -0.2) is 0 Å². The van der Waals surface area contributed by atoms with E-state index in [2.05, 4.69) is 60.5 Å². The van der Waals surface area contributed by atoms with Crippen molar-refractivity contribution in [2.24, 2.45) is 0 Å². The Morgan fingerprint density at radius 3 is 2.62 bits per heavy atom. The largest absolute Gasteiger partial charge is 0.367 e. The minimum Gasteiger partial charge on any atom is -0.367 e. The molecule has 1 aromatic heterocycles. The lowest BCUT2D eigenvalue weighted by atomic mass is 10.2. The molecule has 0 atom stereocenters. The summed E-state index contributed by atoms with van der Waals surface area (Å²) in [6.45, 7) is 7.59. The summed E-state index contributed by atoms with van der Waals surface area (Å²) in [6.07, 6.45) is 2.47. The Balaban J connectivity index is 2.14. The molecule has 0 aliphatic rings. The smallest absolute Gasteiger partial charge is 0.0440 e. The van der Waals surface area contributed by atoms with E-state index < -0.39 is 0 Å². The maximum Gasteiger partial charge on any atom is 0.0440 e. The van der Waals surface area contributed by atoms with Gasteiger partial charge in [-0.1, -0.05) is 31.5 Å². The molecule has 0 aliphatic heterocycles. The first-order valence-corrected chi connectivity index (χ1v) is 8.59. The van der Waals surface area contributed by atoms with Crippen LogP contribution in [0.15, 0.2) is 36.4 Å². The van der Waals surface area contributed by atoms with Crippen LogP contribution in [-0.2, 0) is 13.1 Å². The number of anilines is 1. The lowest BCUT2D eigenvalue weighted by molar-refractivity contribution is 0.715. The molecule has 2 rings (SSSR count). The van der Waals surface area contributed by atoms with Crippen LogP contribution in [0.1, 0.15) is 35.1 Å². The molecule has 0 aliphatic carbocycles. The van der Waals surface area contributed by atoms with Gasteiger partial charge in [0.1, 0.15) is 0 Å². The number of thiophene rings is 1. The molecule has 1 N–H and O–H groups in total. The fourth-order valence-electron chi connectivity index (χ4n) is 2.50. The van der Waals surface area contributed by atoms with Crippen molar-refractivity contribution in [2.75, 3.05) is 18.5 Å². The van der Waals surface area contributed by atoms with Gasteiger partial charge in [0.05, 0.1) is 0 Å². The molecule has 114 valence electrons. The van der Waals surface area contributed by atoms with Gasteiger partial charge in [-0.2, -0.15) is 0 Å². The molecule has 0 saturated carbocycles. The summed E-state index contributed by atoms with van der Waals surface area (Å²) in [5.41, 5.74) is 2.79. The fourth-order valence-corrected chi connectivity index (χ4v) is 3.56. The van der Waals surface area contributed by atoms with Crippen LogP contribution in [0.3, 0.4) is 0 Å². The number of hydrogen-bond acceptors (Lipinski definition) is 3. The molecule has 2 nitrogen and oxygen atoms in total. The Labute approximate surface area is 132 Å². The quantitative estimate of drug-likeness (QED) is 0.767. The number of rotatable bonds is 8. The minimum absolute atomic E-state index is 0.964. The molecule has 3 heteroatoms. The van der Waals surface area contributed by atoms with E-state index in [0.717, 1.165) is 19.6 Å². The van der Waals surface area contributed by atoms with Crippen LogP contribution in [0.2, 0.25) is 0 Å². The molecule has 2 aromatic rings. The zero-order valence-electron chi connectivity index (χ0n) is 13.4. The molecular weight excluding hydrogens is 276 g/mol. The molecule has 0 fully saturated rings. The Kier molecular flexibility index (Phi) is 6.27. The summed E-state index contributed by atoms with van der Waals surface area (Å²) in [4.78, 5) is 5.37. The molecule has 21 heavy (non-hydrogen) atoms. The Hall–Kier alpha value is -1.32. The molecule has 0 amide bonds. The van der Waals surface area contributed by atoms with Crippen molar-refractivity contribution >= 4 is 17.0 Å². The van der Waals surface area contributed by atoms with E-state index in [4.69, 9.17) is 0 Å². The number of benzene rings is 1. The molecular formula is C18H26N2S. The molecule has 0 unspecified atom stereocenters. The number of hydrogen-bond donors (Lipinski definition) is 1. The van der Waals surface area contributed by atoms with E-state index in [-0.39, 0.29) is 0 Å². The highest BCUT2D eigenvalue weighted by molar-refractivity contribution is 7.12.